The summed E-state index contributed by atoms with van der Waals surface area (Å²) in [6.45, 7) is 0.954. The average Bonchev–Trinajstić information content (AvgIpc) is 3.24. The van der Waals surface area contributed by atoms with E-state index >= 15 is 0 Å². The Balaban J connectivity index is 1.43. The molecule has 0 saturated heterocycles. The Morgan fingerprint density at radius 2 is 1.77 bits per heavy atom. The van der Waals surface area contributed by atoms with Crippen LogP contribution >= 0.6 is 0 Å². The Bertz CT molecular complexity index is 992. The Kier molecular flexibility index (Phi) is 8.06. The van der Waals surface area contributed by atoms with Crippen molar-refractivity contribution in [3.63, 3.8) is 0 Å². The number of carbonyl (C=O) groups excluding carboxylic acids is 2. The number of carbonyl (C=O) groups is 2. The number of nitrogens with one attached hydrogen (secondary N) is 2. The first-order valence-corrected chi connectivity index (χ1v) is 9.80. The quantitative estimate of drug-likeness (QED) is 0.480. The lowest BCUT2D eigenvalue weighted by molar-refractivity contribution is -0.116. The van der Waals surface area contributed by atoms with Crippen LogP contribution in [0.4, 0.5) is 16.2 Å². The van der Waals surface area contributed by atoms with Crippen molar-refractivity contribution < 1.29 is 19.1 Å². The Morgan fingerprint density at radius 3 is 2.55 bits per heavy atom. The van der Waals surface area contributed by atoms with E-state index in [0.717, 1.165) is 5.56 Å². The number of benzene rings is 2. The van der Waals surface area contributed by atoms with Gasteiger partial charge in [0.25, 0.3) is 0 Å². The first-order valence-electron chi connectivity index (χ1n) is 9.80. The van der Waals surface area contributed by atoms with Gasteiger partial charge in [-0.2, -0.15) is 4.80 Å². The highest BCUT2D eigenvalue weighted by molar-refractivity contribution is 5.92. The van der Waals surface area contributed by atoms with Crippen LogP contribution in [-0.4, -0.2) is 52.5 Å². The van der Waals surface area contributed by atoms with Crippen LogP contribution in [0.3, 0.4) is 0 Å². The van der Waals surface area contributed by atoms with Crippen molar-refractivity contribution in [2.24, 2.45) is 0 Å². The van der Waals surface area contributed by atoms with Gasteiger partial charge in [0.15, 0.2) is 0 Å². The third-order valence-electron chi connectivity index (χ3n) is 4.16. The number of aryl methyl sites for hydroxylation is 1. The largest absolute Gasteiger partial charge is 0.447 e. The molecule has 0 unspecified atom stereocenters. The summed E-state index contributed by atoms with van der Waals surface area (Å²) in [6.07, 6.45) is 0.259. The molecule has 0 atom stereocenters. The molecule has 3 rings (SSSR count). The zero-order valence-electron chi connectivity index (χ0n) is 17.2. The maximum atomic E-state index is 12.2. The van der Waals surface area contributed by atoms with Crippen LogP contribution in [0.2, 0.25) is 0 Å². The second-order valence-corrected chi connectivity index (χ2v) is 6.56. The van der Waals surface area contributed by atoms with Crippen LogP contribution < -0.4 is 10.6 Å². The number of ether oxygens (including phenoxy) is 2. The molecule has 1 heterocycles. The highest BCUT2D eigenvalue weighted by Gasteiger charge is 2.08. The van der Waals surface area contributed by atoms with Crippen LogP contribution in [0, 0.1) is 0 Å². The van der Waals surface area contributed by atoms with E-state index in [9.17, 15) is 9.59 Å². The zero-order chi connectivity index (χ0) is 21.9. The topological polar surface area (TPSA) is 120 Å². The zero-order valence-corrected chi connectivity index (χ0v) is 17.2. The van der Waals surface area contributed by atoms with E-state index in [4.69, 9.17) is 9.47 Å². The van der Waals surface area contributed by atoms with Crippen molar-refractivity contribution in [2.45, 2.75) is 19.4 Å². The normalized spacial score (nSPS) is 10.5. The number of methoxy groups -OCH3 is 1. The highest BCUT2D eigenvalue weighted by Crippen LogP contribution is 2.16. The molecule has 3 aromatic rings. The van der Waals surface area contributed by atoms with E-state index in [2.05, 4.69) is 26.0 Å². The fraction of sp³-hybridized carbons (Fsp3) is 0.286. The monoisotopic (exact) mass is 424 g/mol. The van der Waals surface area contributed by atoms with E-state index in [1.54, 1.807) is 24.3 Å². The molecule has 0 spiro atoms. The van der Waals surface area contributed by atoms with Gasteiger partial charge in [-0.3, -0.25) is 10.1 Å². The summed E-state index contributed by atoms with van der Waals surface area (Å²) in [7, 11) is 1.53. The molecule has 0 bridgehead atoms. The number of aromatic nitrogens is 4. The number of amides is 2. The second-order valence-electron chi connectivity index (χ2n) is 6.56. The fourth-order valence-corrected chi connectivity index (χ4v) is 2.69. The van der Waals surface area contributed by atoms with Gasteiger partial charge in [0.1, 0.15) is 6.61 Å². The summed E-state index contributed by atoms with van der Waals surface area (Å²) in [5.41, 5.74) is 1.98. The average molecular weight is 424 g/mol. The van der Waals surface area contributed by atoms with E-state index in [1.807, 2.05) is 30.3 Å². The van der Waals surface area contributed by atoms with Gasteiger partial charge in [-0.05, 0) is 29.8 Å². The number of hydrogen-bond acceptors (Lipinski definition) is 7. The van der Waals surface area contributed by atoms with Crippen molar-refractivity contribution in [3.05, 3.63) is 54.6 Å². The van der Waals surface area contributed by atoms with Crippen molar-refractivity contribution >= 4 is 23.4 Å². The molecule has 0 aliphatic heterocycles. The van der Waals surface area contributed by atoms with Gasteiger partial charge >= 0.3 is 6.09 Å². The predicted octanol–water partition coefficient (Wildman–Crippen LogP) is 2.95. The summed E-state index contributed by atoms with van der Waals surface area (Å²) in [6, 6.07) is 16.4. The van der Waals surface area contributed by atoms with Gasteiger partial charge in [-0.25, -0.2) is 4.79 Å². The lowest BCUT2D eigenvalue weighted by Crippen LogP contribution is -2.17. The first-order chi connectivity index (χ1) is 15.1. The van der Waals surface area contributed by atoms with Gasteiger partial charge in [0.05, 0.1) is 13.2 Å². The van der Waals surface area contributed by atoms with Gasteiger partial charge in [-0.1, -0.05) is 36.4 Å². The molecule has 2 N–H and O–H groups in total. The minimum absolute atomic E-state index is 0.150. The molecule has 2 amide bonds. The smallest absolute Gasteiger partial charge is 0.411 e. The molecular weight excluding hydrogens is 400 g/mol. The summed E-state index contributed by atoms with van der Waals surface area (Å²) >= 11 is 0. The van der Waals surface area contributed by atoms with E-state index in [1.165, 1.54) is 11.9 Å². The molecule has 0 radical (unpaired) electrons. The maximum Gasteiger partial charge on any atom is 0.411 e. The van der Waals surface area contributed by atoms with Gasteiger partial charge in [-0.15, -0.1) is 10.2 Å². The van der Waals surface area contributed by atoms with Crippen LogP contribution in [0.5, 0.6) is 0 Å². The summed E-state index contributed by atoms with van der Waals surface area (Å²) < 4.78 is 9.77. The van der Waals surface area contributed by atoms with Crippen LogP contribution in [-0.2, 0) is 20.8 Å². The van der Waals surface area contributed by atoms with Crippen LogP contribution in [0.15, 0.2) is 54.6 Å². The molecule has 10 nitrogen and oxygen atoms in total. The lowest BCUT2D eigenvalue weighted by Gasteiger charge is -2.09. The minimum atomic E-state index is -0.587. The Labute approximate surface area is 179 Å². The van der Waals surface area contributed by atoms with E-state index < -0.39 is 6.09 Å². The van der Waals surface area contributed by atoms with Gasteiger partial charge in [0.2, 0.25) is 11.7 Å². The first kappa shape index (κ1) is 21.9. The number of anilines is 2. The fourth-order valence-electron chi connectivity index (χ4n) is 2.69. The maximum absolute atomic E-state index is 12.2. The van der Waals surface area contributed by atoms with Gasteiger partial charge < -0.3 is 14.8 Å². The van der Waals surface area contributed by atoms with Crippen molar-refractivity contribution in [3.8, 4) is 11.4 Å². The van der Waals surface area contributed by atoms with Crippen LogP contribution in [0.1, 0.15) is 12.8 Å². The van der Waals surface area contributed by atoms with Crippen molar-refractivity contribution in [1.29, 1.82) is 0 Å². The predicted molar refractivity (Wildman–Crippen MR) is 114 cm³/mol. The van der Waals surface area contributed by atoms with Crippen molar-refractivity contribution in [1.82, 2.24) is 20.2 Å². The molecular formula is C21H24N6O4. The summed E-state index contributed by atoms with van der Waals surface area (Å²) in [4.78, 5) is 25.4. The molecule has 0 aliphatic carbocycles. The summed E-state index contributed by atoms with van der Waals surface area (Å²) in [5, 5.41) is 17.8. The molecule has 31 heavy (non-hydrogen) atoms. The third-order valence-corrected chi connectivity index (χ3v) is 4.16. The Morgan fingerprint density at radius 1 is 1.00 bits per heavy atom. The number of hydrogen-bond donors (Lipinski definition) is 2. The highest BCUT2D eigenvalue weighted by atomic mass is 16.6. The van der Waals surface area contributed by atoms with Gasteiger partial charge in [0, 0.05) is 30.5 Å². The van der Waals surface area contributed by atoms with Crippen LogP contribution in [0.25, 0.3) is 11.4 Å². The SMILES string of the molecule is COCCOC(=O)Nc1cccc(NC(=O)CCCn2nnc(-c3ccccc3)n2)c1. The standard InChI is InChI=1S/C21H24N6O4/c1-30-13-14-31-21(29)23-18-10-5-9-17(15-18)22-19(28)11-6-12-27-25-20(24-26-27)16-7-3-2-4-8-16/h2-5,7-10,15H,6,11-14H2,1H3,(H,22,28)(H,23,29). The number of tetrazole rings is 1. The molecule has 10 heteroatoms. The molecule has 1 aromatic heterocycles. The summed E-state index contributed by atoms with van der Waals surface area (Å²) in [5.74, 6) is 0.401. The lowest BCUT2D eigenvalue weighted by atomic mass is 10.2. The minimum Gasteiger partial charge on any atom is -0.447 e. The van der Waals surface area contributed by atoms with E-state index in [-0.39, 0.29) is 12.5 Å². The van der Waals surface area contributed by atoms with Crippen molar-refractivity contribution in [2.75, 3.05) is 31.0 Å². The Hall–Kier alpha value is -3.79. The molecule has 162 valence electrons. The van der Waals surface area contributed by atoms with E-state index in [0.29, 0.717) is 43.2 Å². The number of rotatable bonds is 10. The number of nitrogens with zero attached hydrogens (tertiary/aromatic N) is 4. The molecule has 2 aromatic carbocycles. The second kappa shape index (κ2) is 11.4. The molecule has 0 fully saturated rings. The third kappa shape index (κ3) is 7.19. The molecule has 0 aliphatic rings. The molecule has 0 saturated carbocycles.